The van der Waals surface area contributed by atoms with E-state index in [1.807, 2.05) is 6.92 Å². The first kappa shape index (κ1) is 19.2. The van der Waals surface area contributed by atoms with Crippen LogP contribution in [0.4, 0.5) is 0 Å². The Labute approximate surface area is 147 Å². The summed E-state index contributed by atoms with van der Waals surface area (Å²) in [6.07, 6.45) is 9.83. The molecule has 0 amide bonds. The zero-order valence-corrected chi connectivity index (χ0v) is 16.0. The molecule has 1 saturated carbocycles. The summed E-state index contributed by atoms with van der Waals surface area (Å²) in [5.74, 6) is 0.868. The van der Waals surface area contributed by atoms with Crippen LogP contribution in [0.25, 0.3) is 0 Å². The van der Waals surface area contributed by atoms with E-state index in [1.165, 1.54) is 12.7 Å². The third-order valence-corrected chi connectivity index (χ3v) is 6.45. The molecule has 0 heterocycles. The highest BCUT2D eigenvalue weighted by molar-refractivity contribution is 5.74. The average Bonchev–Trinajstić information content (AvgIpc) is 2.89. The molecule has 2 aliphatic carbocycles. The Hall–Kier alpha value is -1.09. The molecule has 1 fully saturated rings. The van der Waals surface area contributed by atoms with Gasteiger partial charge in [-0.3, -0.25) is 4.79 Å². The first-order chi connectivity index (χ1) is 11.3. The van der Waals surface area contributed by atoms with Crippen molar-refractivity contribution in [1.29, 1.82) is 0 Å². The van der Waals surface area contributed by atoms with E-state index >= 15 is 0 Å². The molecule has 0 bridgehead atoms. The van der Waals surface area contributed by atoms with E-state index in [-0.39, 0.29) is 17.3 Å². The van der Waals surface area contributed by atoms with Crippen molar-refractivity contribution in [1.82, 2.24) is 0 Å². The van der Waals surface area contributed by atoms with Gasteiger partial charge in [0.1, 0.15) is 0 Å². The third kappa shape index (κ3) is 3.77. The number of rotatable bonds is 5. The number of hydrogen-bond donors (Lipinski definition) is 1. The lowest BCUT2D eigenvalue weighted by Gasteiger charge is -2.45. The number of aliphatic hydroxyl groups excluding tert-OH is 1. The minimum Gasteiger partial charge on any atom is -0.469 e. The van der Waals surface area contributed by atoms with E-state index in [9.17, 15) is 9.90 Å². The van der Waals surface area contributed by atoms with Crippen molar-refractivity contribution in [3.8, 4) is 0 Å². The molecule has 0 radical (unpaired) electrons. The summed E-state index contributed by atoms with van der Waals surface area (Å²) in [7, 11) is 1.49. The van der Waals surface area contributed by atoms with Gasteiger partial charge in [-0.2, -0.15) is 0 Å². The van der Waals surface area contributed by atoms with Crippen molar-refractivity contribution in [3.63, 3.8) is 0 Å². The second kappa shape index (κ2) is 7.86. The van der Waals surface area contributed by atoms with Crippen molar-refractivity contribution in [2.24, 2.45) is 23.2 Å². The SMILES string of the molecule is COC(=O)[C@H]1CC[C@H]([C@H](C)CCC=C(C)C)[C@]12CC=C(C)[C@@H](O)C2. The van der Waals surface area contributed by atoms with Gasteiger partial charge in [0, 0.05) is 0 Å². The van der Waals surface area contributed by atoms with E-state index in [0.717, 1.165) is 37.7 Å². The van der Waals surface area contributed by atoms with Crippen LogP contribution < -0.4 is 0 Å². The molecule has 0 aromatic carbocycles. The Morgan fingerprint density at radius 3 is 2.75 bits per heavy atom. The Balaban J connectivity index is 2.23. The highest BCUT2D eigenvalue weighted by atomic mass is 16.5. The molecule has 0 saturated heterocycles. The second-order valence-corrected chi connectivity index (χ2v) is 8.20. The molecule has 0 aromatic rings. The third-order valence-electron chi connectivity index (χ3n) is 6.45. The fourth-order valence-electron chi connectivity index (χ4n) is 5.04. The van der Waals surface area contributed by atoms with E-state index < -0.39 is 6.10 Å². The van der Waals surface area contributed by atoms with Crippen LogP contribution in [0.5, 0.6) is 0 Å². The lowest BCUT2D eigenvalue weighted by Crippen LogP contribution is -2.43. The van der Waals surface area contributed by atoms with Gasteiger partial charge in [-0.25, -0.2) is 0 Å². The molecule has 2 rings (SSSR count). The topological polar surface area (TPSA) is 46.5 Å². The van der Waals surface area contributed by atoms with E-state index in [0.29, 0.717) is 18.3 Å². The van der Waals surface area contributed by atoms with Crippen molar-refractivity contribution in [2.75, 3.05) is 7.11 Å². The standard InChI is InChI=1S/C21H34O3/c1-14(2)7-6-8-15(3)17-9-10-18(20(23)24-5)21(17)12-11-16(4)19(22)13-21/h7,11,15,17-19,22H,6,8-10,12-13H2,1-5H3/t15-,17-,18-,19+,21-/m1/s1. The second-order valence-electron chi connectivity index (χ2n) is 8.20. The van der Waals surface area contributed by atoms with E-state index in [4.69, 9.17) is 4.74 Å². The lowest BCUT2D eigenvalue weighted by atomic mass is 9.60. The molecule has 136 valence electrons. The van der Waals surface area contributed by atoms with Gasteiger partial charge in [0.2, 0.25) is 0 Å². The van der Waals surface area contributed by atoms with Crippen LogP contribution in [-0.4, -0.2) is 24.3 Å². The molecule has 0 aromatic heterocycles. The Morgan fingerprint density at radius 1 is 1.46 bits per heavy atom. The zero-order chi connectivity index (χ0) is 17.9. The molecule has 24 heavy (non-hydrogen) atoms. The van der Waals surface area contributed by atoms with Crippen LogP contribution in [0.2, 0.25) is 0 Å². The van der Waals surface area contributed by atoms with Crippen LogP contribution in [0.3, 0.4) is 0 Å². The van der Waals surface area contributed by atoms with Crippen LogP contribution >= 0.6 is 0 Å². The van der Waals surface area contributed by atoms with Gasteiger partial charge >= 0.3 is 5.97 Å². The maximum absolute atomic E-state index is 12.4. The molecule has 5 atom stereocenters. The monoisotopic (exact) mass is 334 g/mol. The number of carbonyl (C=O) groups excluding carboxylic acids is 1. The molecule has 2 aliphatic rings. The van der Waals surface area contributed by atoms with Gasteiger partial charge in [0.15, 0.2) is 0 Å². The zero-order valence-electron chi connectivity index (χ0n) is 16.0. The average molecular weight is 335 g/mol. The quantitative estimate of drug-likeness (QED) is 0.588. The summed E-state index contributed by atoms with van der Waals surface area (Å²) in [4.78, 5) is 12.4. The number of hydrogen-bond acceptors (Lipinski definition) is 3. The van der Waals surface area contributed by atoms with Gasteiger partial charge in [-0.15, -0.1) is 0 Å². The summed E-state index contributed by atoms with van der Waals surface area (Å²) in [6.45, 7) is 8.59. The van der Waals surface area contributed by atoms with Crippen LogP contribution in [0, 0.1) is 23.2 Å². The van der Waals surface area contributed by atoms with Crippen molar-refractivity contribution < 1.29 is 14.6 Å². The normalized spacial score (nSPS) is 33.9. The van der Waals surface area contributed by atoms with E-state index in [1.54, 1.807) is 0 Å². The maximum atomic E-state index is 12.4. The predicted octanol–water partition coefficient (Wildman–Crippen LogP) is 4.66. The fraction of sp³-hybridized carbons (Fsp3) is 0.762. The minimum atomic E-state index is -0.420. The molecular weight excluding hydrogens is 300 g/mol. The predicted molar refractivity (Wildman–Crippen MR) is 97.5 cm³/mol. The molecule has 3 nitrogen and oxygen atoms in total. The Morgan fingerprint density at radius 2 is 2.17 bits per heavy atom. The number of esters is 1. The van der Waals surface area contributed by atoms with Gasteiger partial charge < -0.3 is 9.84 Å². The summed E-state index contributed by atoms with van der Waals surface area (Å²) < 4.78 is 5.11. The van der Waals surface area contributed by atoms with Gasteiger partial charge in [-0.05, 0) is 82.1 Å². The number of methoxy groups -OCH3 is 1. The maximum Gasteiger partial charge on any atom is 0.309 e. The summed E-state index contributed by atoms with van der Waals surface area (Å²) in [5, 5.41) is 10.5. The smallest absolute Gasteiger partial charge is 0.309 e. The highest BCUT2D eigenvalue weighted by Crippen LogP contribution is 2.59. The van der Waals surface area contributed by atoms with E-state index in [2.05, 4.69) is 32.9 Å². The number of aliphatic hydroxyl groups is 1. The highest BCUT2D eigenvalue weighted by Gasteiger charge is 2.55. The molecule has 1 spiro atoms. The van der Waals surface area contributed by atoms with Crippen LogP contribution in [0.1, 0.15) is 66.2 Å². The molecule has 0 unspecified atom stereocenters. The molecule has 1 N–H and O–H groups in total. The minimum absolute atomic E-state index is 0.0718. The van der Waals surface area contributed by atoms with Crippen molar-refractivity contribution >= 4 is 5.97 Å². The molecular formula is C21H34O3. The fourth-order valence-corrected chi connectivity index (χ4v) is 5.04. The van der Waals surface area contributed by atoms with Crippen molar-refractivity contribution in [3.05, 3.63) is 23.3 Å². The first-order valence-corrected chi connectivity index (χ1v) is 9.37. The number of ether oxygens (including phenoxy) is 1. The van der Waals surface area contributed by atoms with Crippen LogP contribution in [0.15, 0.2) is 23.3 Å². The largest absolute Gasteiger partial charge is 0.469 e. The number of carbonyl (C=O) groups is 1. The summed E-state index contributed by atoms with van der Waals surface area (Å²) >= 11 is 0. The Bertz CT molecular complexity index is 515. The van der Waals surface area contributed by atoms with Gasteiger partial charge in [-0.1, -0.05) is 24.6 Å². The Kier molecular flexibility index (Phi) is 6.30. The summed E-state index contributed by atoms with van der Waals surface area (Å²) in [6, 6.07) is 0. The lowest BCUT2D eigenvalue weighted by molar-refractivity contribution is -0.151. The van der Waals surface area contributed by atoms with Gasteiger partial charge in [0.05, 0.1) is 19.1 Å². The molecule has 0 aliphatic heterocycles. The van der Waals surface area contributed by atoms with Crippen LogP contribution in [-0.2, 0) is 9.53 Å². The van der Waals surface area contributed by atoms with Crippen molar-refractivity contribution in [2.45, 2.75) is 72.3 Å². The number of allylic oxidation sites excluding steroid dienone is 3. The van der Waals surface area contributed by atoms with Gasteiger partial charge in [0.25, 0.3) is 0 Å². The molecule has 3 heteroatoms. The summed E-state index contributed by atoms with van der Waals surface area (Å²) in [5.41, 5.74) is 2.28. The first-order valence-electron chi connectivity index (χ1n) is 9.37.